The van der Waals surface area contributed by atoms with Crippen molar-refractivity contribution < 1.29 is 56.2 Å². The third-order valence-electron chi connectivity index (χ3n) is 6.98. The minimum absolute atomic E-state index is 0. The number of nitrogens with zero attached hydrogens (tertiary/aromatic N) is 4. The molecule has 0 aliphatic carbocycles. The number of hydrogen-bond acceptors (Lipinski definition) is 12. The van der Waals surface area contributed by atoms with Crippen LogP contribution >= 0.6 is 0 Å². The monoisotopic (exact) mass is 758 g/mol. The van der Waals surface area contributed by atoms with Gasteiger partial charge in [0, 0.05) is 52.2 Å². The summed E-state index contributed by atoms with van der Waals surface area (Å²) < 4.78 is 11.4. The molecule has 0 fully saturated rings. The Morgan fingerprint density at radius 1 is 0.472 bits per heavy atom. The minimum Gasteiger partial charge on any atom is -0.507 e. The molecule has 0 unspecified atom stereocenters. The van der Waals surface area contributed by atoms with Crippen molar-refractivity contribution >= 4 is 35.2 Å². The minimum atomic E-state index is -0.608. The number of benzene rings is 6. The van der Waals surface area contributed by atoms with Crippen LogP contribution in [0.15, 0.2) is 143 Å². The van der Waals surface area contributed by atoms with E-state index in [1.165, 1.54) is 48.8 Å². The van der Waals surface area contributed by atoms with E-state index in [0.29, 0.717) is 34.1 Å². The number of aliphatic imine (C=N–C) groups is 2. The van der Waals surface area contributed by atoms with E-state index in [0.717, 1.165) is 12.1 Å². The first-order valence-electron chi connectivity index (χ1n) is 15.2. The number of non-ortho nitro benzene ring substituents is 2. The molecule has 270 valence electrons. The number of ether oxygens (including phenoxy) is 2. The van der Waals surface area contributed by atoms with Crippen LogP contribution in [0.3, 0.4) is 0 Å². The second-order valence-corrected chi connectivity index (χ2v) is 10.6. The van der Waals surface area contributed by atoms with Crippen molar-refractivity contribution in [1.29, 1.82) is 0 Å². The molecule has 6 aromatic carbocycles. The standard InChI is InChI=1S/2C19H14N2O5.Ni/c2*22-18-9-7-16(26-15-4-2-1-3-5-15)10-13(18)12-20-17-8-6-14(21(24)25)11-19(17)23;/h2*1-12,22-23H;. The van der Waals surface area contributed by atoms with E-state index in [2.05, 4.69) is 9.98 Å². The van der Waals surface area contributed by atoms with Crippen LogP contribution in [0.1, 0.15) is 11.1 Å². The maximum absolute atomic E-state index is 10.7. The van der Waals surface area contributed by atoms with Crippen molar-refractivity contribution in [2.45, 2.75) is 0 Å². The molecule has 0 heterocycles. The van der Waals surface area contributed by atoms with Gasteiger partial charge in [-0.3, -0.25) is 30.2 Å². The predicted octanol–water partition coefficient (Wildman–Crippen LogP) is 9.10. The molecule has 0 saturated carbocycles. The van der Waals surface area contributed by atoms with Crippen LogP contribution in [0.25, 0.3) is 0 Å². The molecule has 6 rings (SSSR count). The van der Waals surface area contributed by atoms with Crippen LogP contribution in [-0.2, 0) is 16.5 Å². The molecule has 0 aliphatic heterocycles. The third-order valence-corrected chi connectivity index (χ3v) is 6.98. The van der Waals surface area contributed by atoms with Crippen molar-refractivity contribution in [1.82, 2.24) is 0 Å². The van der Waals surface area contributed by atoms with Crippen LogP contribution in [-0.4, -0.2) is 42.7 Å². The first kappa shape index (κ1) is 38.6. The summed E-state index contributed by atoms with van der Waals surface area (Å²) in [5.41, 5.74) is 0.561. The Kier molecular flexibility index (Phi) is 13.2. The van der Waals surface area contributed by atoms with Gasteiger partial charge >= 0.3 is 0 Å². The summed E-state index contributed by atoms with van der Waals surface area (Å²) in [4.78, 5) is 28.3. The summed E-state index contributed by atoms with van der Waals surface area (Å²) in [5, 5.41) is 61.0. The molecule has 15 heteroatoms. The molecular formula is C38H28N4NiO10. The Morgan fingerprint density at radius 2 is 0.849 bits per heavy atom. The maximum atomic E-state index is 10.7. The van der Waals surface area contributed by atoms with Gasteiger partial charge in [-0.2, -0.15) is 0 Å². The van der Waals surface area contributed by atoms with E-state index in [4.69, 9.17) is 9.47 Å². The van der Waals surface area contributed by atoms with Crippen molar-refractivity contribution in [3.8, 4) is 46.0 Å². The number of para-hydroxylation sites is 2. The van der Waals surface area contributed by atoms with E-state index >= 15 is 0 Å². The second kappa shape index (κ2) is 18.1. The fourth-order valence-corrected chi connectivity index (χ4v) is 4.40. The summed E-state index contributed by atoms with van der Waals surface area (Å²) >= 11 is 0. The number of nitro benzene ring substituents is 2. The molecule has 0 aliphatic rings. The van der Waals surface area contributed by atoms with E-state index < -0.39 is 9.85 Å². The zero-order valence-electron chi connectivity index (χ0n) is 27.2. The zero-order valence-corrected chi connectivity index (χ0v) is 28.2. The van der Waals surface area contributed by atoms with Crippen LogP contribution in [0.5, 0.6) is 46.0 Å². The Hall–Kier alpha value is -7.25. The van der Waals surface area contributed by atoms with Gasteiger partial charge in [0.2, 0.25) is 0 Å². The first-order valence-corrected chi connectivity index (χ1v) is 15.2. The van der Waals surface area contributed by atoms with Gasteiger partial charge in [0.05, 0.1) is 22.0 Å². The van der Waals surface area contributed by atoms with Gasteiger partial charge in [-0.05, 0) is 72.8 Å². The largest absolute Gasteiger partial charge is 0.507 e. The fraction of sp³-hybridized carbons (Fsp3) is 0. The number of hydrogen-bond donors (Lipinski definition) is 4. The van der Waals surface area contributed by atoms with Crippen LogP contribution < -0.4 is 9.47 Å². The van der Waals surface area contributed by atoms with Crippen molar-refractivity contribution in [3.63, 3.8) is 0 Å². The Morgan fingerprint density at radius 3 is 1.19 bits per heavy atom. The molecule has 0 saturated heterocycles. The Balaban J connectivity index is 0.000000232. The third kappa shape index (κ3) is 10.9. The van der Waals surface area contributed by atoms with Gasteiger partial charge in [-0.1, -0.05) is 36.4 Å². The van der Waals surface area contributed by atoms with E-state index in [1.54, 1.807) is 48.5 Å². The molecule has 0 amide bonds. The average molecular weight is 759 g/mol. The van der Waals surface area contributed by atoms with Gasteiger partial charge in [0.25, 0.3) is 11.4 Å². The summed E-state index contributed by atoms with van der Waals surface area (Å²) in [6.07, 6.45) is 2.68. The second-order valence-electron chi connectivity index (χ2n) is 10.6. The van der Waals surface area contributed by atoms with Crippen molar-refractivity contribution in [2.24, 2.45) is 9.98 Å². The molecule has 0 atom stereocenters. The zero-order chi connectivity index (χ0) is 37.0. The molecule has 4 N–H and O–H groups in total. The fourth-order valence-electron chi connectivity index (χ4n) is 4.40. The summed E-state index contributed by atoms with van der Waals surface area (Å²) in [7, 11) is 0. The first-order chi connectivity index (χ1) is 25.0. The molecule has 14 nitrogen and oxygen atoms in total. The van der Waals surface area contributed by atoms with E-state index in [-0.39, 0.29) is 62.2 Å². The summed E-state index contributed by atoms with van der Waals surface area (Å²) in [6.45, 7) is 0. The van der Waals surface area contributed by atoms with Gasteiger partial charge in [0.15, 0.2) is 0 Å². The van der Waals surface area contributed by atoms with Gasteiger partial charge in [0.1, 0.15) is 57.4 Å². The van der Waals surface area contributed by atoms with Gasteiger partial charge in [-0.25, -0.2) is 0 Å². The Bertz CT molecular complexity index is 2110. The maximum Gasteiger partial charge on any atom is 0.273 e. The smallest absolute Gasteiger partial charge is 0.273 e. The predicted molar refractivity (Wildman–Crippen MR) is 193 cm³/mol. The molecular weight excluding hydrogens is 731 g/mol. The molecule has 0 bridgehead atoms. The number of nitro groups is 2. The van der Waals surface area contributed by atoms with Gasteiger partial charge in [-0.15, -0.1) is 0 Å². The molecule has 0 aromatic heterocycles. The number of aromatic hydroxyl groups is 4. The quantitative estimate of drug-likeness (QED) is 0.0450. The number of phenols is 4. The normalized spacial score (nSPS) is 10.6. The summed E-state index contributed by atoms with van der Waals surface area (Å²) in [5.74, 6) is 1.61. The SMILES string of the molecule is O=[N+]([O-])c1ccc(N=Cc2cc(Oc3ccccc3)ccc2O)c(O)c1.O=[N+]([O-])c1ccc(N=Cc2cc(Oc3ccccc3)ccc2O)c(O)c1.[Ni]. The van der Waals surface area contributed by atoms with Crippen LogP contribution in [0.2, 0.25) is 0 Å². The van der Waals surface area contributed by atoms with Crippen LogP contribution in [0, 0.1) is 20.2 Å². The molecule has 0 spiro atoms. The number of phenolic OH excluding ortho intramolecular Hbond substituents is 4. The molecule has 0 radical (unpaired) electrons. The Labute approximate surface area is 311 Å². The van der Waals surface area contributed by atoms with Gasteiger partial charge < -0.3 is 29.9 Å². The average Bonchev–Trinajstić information content (AvgIpc) is 3.14. The molecule has 6 aromatic rings. The molecule has 53 heavy (non-hydrogen) atoms. The van der Waals surface area contributed by atoms with E-state index in [9.17, 15) is 40.7 Å². The summed E-state index contributed by atoms with van der Waals surface area (Å²) in [6, 6.07) is 34.8. The van der Waals surface area contributed by atoms with Crippen molar-refractivity contribution in [3.05, 3.63) is 165 Å². The topological polar surface area (TPSA) is 210 Å². The number of rotatable bonds is 10. The van der Waals surface area contributed by atoms with Crippen molar-refractivity contribution in [2.75, 3.05) is 0 Å². The van der Waals surface area contributed by atoms with Crippen LogP contribution in [0.4, 0.5) is 22.7 Å². The van der Waals surface area contributed by atoms with E-state index in [1.807, 2.05) is 36.4 Å².